The van der Waals surface area contributed by atoms with Crippen LogP contribution in [0.2, 0.25) is 0 Å². The molecule has 0 aliphatic rings. The molecule has 0 saturated heterocycles. The van der Waals surface area contributed by atoms with Crippen LogP contribution >= 0.6 is 0 Å². The summed E-state index contributed by atoms with van der Waals surface area (Å²) in [6.45, 7) is 6.31. The lowest BCUT2D eigenvalue weighted by molar-refractivity contribution is 0.363. The van der Waals surface area contributed by atoms with E-state index in [-0.39, 0.29) is 11.7 Å². The maximum absolute atomic E-state index is 11.0. The summed E-state index contributed by atoms with van der Waals surface area (Å²) >= 11 is 0. The minimum absolute atomic E-state index is 0.0813. The summed E-state index contributed by atoms with van der Waals surface area (Å²) in [6, 6.07) is 0. The fourth-order valence-electron chi connectivity index (χ4n) is 2.77. The molecule has 1 N–H and O–H groups in total. The molecule has 0 fully saturated rings. The third-order valence-electron chi connectivity index (χ3n) is 4.30. The molecule has 0 spiro atoms. The zero-order valence-corrected chi connectivity index (χ0v) is 15.1. The Balaban J connectivity index is 3.55. The zero-order chi connectivity index (χ0) is 16.1. The van der Waals surface area contributed by atoms with Crippen molar-refractivity contribution in [2.45, 2.75) is 91.4 Å². The summed E-state index contributed by atoms with van der Waals surface area (Å²) < 4.78 is 30.9. The first-order valence-electron chi connectivity index (χ1n) is 8.82. The zero-order valence-electron chi connectivity index (χ0n) is 14.3. The first-order chi connectivity index (χ1) is 9.87. The van der Waals surface area contributed by atoms with Gasteiger partial charge in [0, 0.05) is 0 Å². The fourth-order valence-corrected chi connectivity index (χ4v) is 3.87. The Morgan fingerprint density at radius 1 is 0.810 bits per heavy atom. The molecule has 0 aromatic carbocycles. The lowest BCUT2D eigenvalue weighted by atomic mass is 9.92. The van der Waals surface area contributed by atoms with E-state index in [1.807, 2.05) is 13.8 Å². The standard InChI is InChI=1S/C17H36O3S/c1-4-5-6-7-8-9-10-11-12-13-14-17(16(2)3)15-21(18,19)20/h16-17H,4-15H2,1-3H3,(H,18,19,20). The van der Waals surface area contributed by atoms with Gasteiger partial charge in [-0.1, -0.05) is 85.0 Å². The second kappa shape index (κ2) is 12.5. The van der Waals surface area contributed by atoms with E-state index in [1.165, 1.54) is 57.8 Å². The van der Waals surface area contributed by atoms with Gasteiger partial charge in [0.05, 0.1) is 5.75 Å². The van der Waals surface area contributed by atoms with Crippen LogP contribution in [0.1, 0.15) is 91.4 Å². The van der Waals surface area contributed by atoms with Gasteiger partial charge in [-0.2, -0.15) is 8.42 Å². The number of hydrogen-bond donors (Lipinski definition) is 1. The molecule has 21 heavy (non-hydrogen) atoms. The van der Waals surface area contributed by atoms with Crippen molar-refractivity contribution in [1.82, 2.24) is 0 Å². The molecule has 0 rings (SSSR count). The van der Waals surface area contributed by atoms with Gasteiger partial charge in [0.1, 0.15) is 0 Å². The van der Waals surface area contributed by atoms with Crippen molar-refractivity contribution in [3.05, 3.63) is 0 Å². The number of rotatable bonds is 14. The Morgan fingerprint density at radius 3 is 1.62 bits per heavy atom. The lowest BCUT2D eigenvalue weighted by Gasteiger charge is -2.19. The van der Waals surface area contributed by atoms with Crippen molar-refractivity contribution in [1.29, 1.82) is 0 Å². The second-order valence-corrected chi connectivity index (χ2v) is 8.22. The summed E-state index contributed by atoms with van der Waals surface area (Å²) in [5.41, 5.74) is 0. The van der Waals surface area contributed by atoms with Gasteiger partial charge in [-0.15, -0.1) is 0 Å². The van der Waals surface area contributed by atoms with Gasteiger partial charge < -0.3 is 0 Å². The Hall–Kier alpha value is -0.0900. The summed E-state index contributed by atoms with van der Waals surface area (Å²) in [6.07, 6.45) is 13.8. The molecule has 0 saturated carbocycles. The van der Waals surface area contributed by atoms with Crippen LogP contribution in [0.5, 0.6) is 0 Å². The van der Waals surface area contributed by atoms with E-state index in [9.17, 15) is 8.42 Å². The minimum atomic E-state index is -3.83. The monoisotopic (exact) mass is 320 g/mol. The van der Waals surface area contributed by atoms with Crippen molar-refractivity contribution < 1.29 is 13.0 Å². The number of hydrogen-bond acceptors (Lipinski definition) is 2. The van der Waals surface area contributed by atoms with Crippen LogP contribution in [0.4, 0.5) is 0 Å². The molecule has 0 aromatic heterocycles. The topological polar surface area (TPSA) is 54.4 Å². The van der Waals surface area contributed by atoms with Gasteiger partial charge in [0.2, 0.25) is 0 Å². The summed E-state index contributed by atoms with van der Waals surface area (Å²) in [5, 5.41) is 0. The van der Waals surface area contributed by atoms with Crippen molar-refractivity contribution in [3.63, 3.8) is 0 Å². The molecule has 0 bridgehead atoms. The van der Waals surface area contributed by atoms with Crippen LogP contribution in [0.3, 0.4) is 0 Å². The maximum Gasteiger partial charge on any atom is 0.265 e. The van der Waals surface area contributed by atoms with Crippen LogP contribution < -0.4 is 0 Å². The van der Waals surface area contributed by atoms with E-state index in [4.69, 9.17) is 4.55 Å². The van der Waals surface area contributed by atoms with Crippen LogP contribution in [0, 0.1) is 11.8 Å². The van der Waals surface area contributed by atoms with Crippen LogP contribution in [0.25, 0.3) is 0 Å². The predicted octanol–water partition coefficient (Wildman–Crippen LogP) is 5.46. The van der Waals surface area contributed by atoms with Crippen molar-refractivity contribution in [3.8, 4) is 0 Å². The molecule has 1 atom stereocenters. The highest BCUT2D eigenvalue weighted by molar-refractivity contribution is 7.85. The Morgan fingerprint density at radius 2 is 1.24 bits per heavy atom. The highest BCUT2D eigenvalue weighted by Crippen LogP contribution is 2.21. The Kier molecular flexibility index (Phi) is 12.4. The highest BCUT2D eigenvalue weighted by Gasteiger charge is 2.19. The molecular weight excluding hydrogens is 284 g/mol. The first kappa shape index (κ1) is 20.9. The fraction of sp³-hybridized carbons (Fsp3) is 1.00. The Labute approximate surface area is 132 Å². The maximum atomic E-state index is 11.0. The molecule has 1 unspecified atom stereocenters. The third kappa shape index (κ3) is 14.6. The Bertz CT molecular complexity index is 323. The normalized spacial score (nSPS) is 13.8. The molecule has 4 heteroatoms. The minimum Gasteiger partial charge on any atom is -0.286 e. The van der Waals surface area contributed by atoms with Gasteiger partial charge in [0.15, 0.2) is 0 Å². The van der Waals surface area contributed by atoms with E-state index in [2.05, 4.69) is 6.92 Å². The molecule has 128 valence electrons. The van der Waals surface area contributed by atoms with Crippen molar-refractivity contribution >= 4 is 10.1 Å². The molecule has 0 aliphatic heterocycles. The largest absolute Gasteiger partial charge is 0.286 e. The molecule has 0 heterocycles. The van der Waals surface area contributed by atoms with E-state index in [1.54, 1.807) is 0 Å². The molecular formula is C17H36O3S. The van der Waals surface area contributed by atoms with E-state index in [0.29, 0.717) is 5.92 Å². The molecule has 0 aromatic rings. The molecule has 0 aliphatic carbocycles. The smallest absolute Gasteiger partial charge is 0.265 e. The highest BCUT2D eigenvalue weighted by atomic mass is 32.2. The van der Waals surface area contributed by atoms with Gasteiger partial charge in [0.25, 0.3) is 10.1 Å². The van der Waals surface area contributed by atoms with Gasteiger partial charge in [-0.25, -0.2) is 0 Å². The van der Waals surface area contributed by atoms with Gasteiger partial charge >= 0.3 is 0 Å². The summed E-state index contributed by atoms with van der Waals surface area (Å²) in [7, 11) is -3.83. The van der Waals surface area contributed by atoms with Crippen molar-refractivity contribution in [2.75, 3.05) is 5.75 Å². The first-order valence-corrected chi connectivity index (χ1v) is 10.4. The van der Waals surface area contributed by atoms with Crippen LogP contribution in [0.15, 0.2) is 0 Å². The van der Waals surface area contributed by atoms with Gasteiger partial charge in [-0.05, 0) is 18.3 Å². The average Bonchev–Trinajstić information content (AvgIpc) is 2.38. The van der Waals surface area contributed by atoms with E-state index in [0.717, 1.165) is 12.8 Å². The van der Waals surface area contributed by atoms with Crippen molar-refractivity contribution in [2.24, 2.45) is 11.8 Å². The number of unbranched alkanes of at least 4 members (excludes halogenated alkanes) is 9. The van der Waals surface area contributed by atoms with E-state index < -0.39 is 10.1 Å². The predicted molar refractivity (Wildman–Crippen MR) is 91.2 cm³/mol. The van der Waals surface area contributed by atoms with Crippen LogP contribution in [-0.2, 0) is 10.1 Å². The third-order valence-corrected chi connectivity index (χ3v) is 5.15. The quantitative estimate of drug-likeness (QED) is 0.341. The van der Waals surface area contributed by atoms with Gasteiger partial charge in [-0.3, -0.25) is 4.55 Å². The average molecular weight is 321 g/mol. The lowest BCUT2D eigenvalue weighted by Crippen LogP contribution is -2.20. The van der Waals surface area contributed by atoms with E-state index >= 15 is 0 Å². The molecule has 0 radical (unpaired) electrons. The summed E-state index contributed by atoms with van der Waals surface area (Å²) in [5.74, 6) is 0.321. The SMILES string of the molecule is CCCCCCCCCCCCC(CS(=O)(=O)O)C(C)C. The summed E-state index contributed by atoms with van der Waals surface area (Å²) in [4.78, 5) is 0. The molecule has 0 amide bonds. The molecule has 3 nitrogen and oxygen atoms in total. The second-order valence-electron chi connectivity index (χ2n) is 6.72. The van der Waals surface area contributed by atoms with Crippen LogP contribution in [-0.4, -0.2) is 18.7 Å².